The van der Waals surface area contributed by atoms with Gasteiger partial charge in [0.25, 0.3) is 0 Å². The number of hydrogen-bond donors (Lipinski definition) is 1. The molecule has 7 rings (SSSR count). The van der Waals surface area contributed by atoms with E-state index in [0.717, 1.165) is 48.1 Å². The second-order valence-corrected chi connectivity index (χ2v) is 9.56. The molecule has 1 N–H and O–H groups in total. The van der Waals surface area contributed by atoms with Crippen LogP contribution in [0.1, 0.15) is 34.4 Å². The van der Waals surface area contributed by atoms with Crippen molar-refractivity contribution in [3.63, 3.8) is 0 Å². The lowest BCUT2D eigenvalue weighted by Gasteiger charge is -2.31. The number of anilines is 2. The normalized spacial score (nSPS) is 20.6. The van der Waals surface area contributed by atoms with Crippen LogP contribution in [0.2, 0.25) is 0 Å². The van der Waals surface area contributed by atoms with E-state index >= 15 is 0 Å². The van der Waals surface area contributed by atoms with Gasteiger partial charge in [-0.05, 0) is 72.7 Å². The molecule has 162 valence electrons. The molecule has 0 saturated carbocycles. The summed E-state index contributed by atoms with van der Waals surface area (Å²) in [5.41, 5.74) is 7.81. The summed E-state index contributed by atoms with van der Waals surface area (Å²) in [4.78, 5) is 24.9. The van der Waals surface area contributed by atoms with Gasteiger partial charge in [0, 0.05) is 29.4 Å². The number of benzene rings is 2. The third-order valence-electron chi connectivity index (χ3n) is 7.60. The zero-order chi connectivity index (χ0) is 22.0. The van der Waals surface area contributed by atoms with Crippen LogP contribution in [0.15, 0.2) is 66.9 Å². The second kappa shape index (κ2) is 6.88. The van der Waals surface area contributed by atoms with E-state index in [9.17, 15) is 4.79 Å². The molecule has 1 amide bonds. The average Bonchev–Trinajstić information content (AvgIpc) is 3.34. The fourth-order valence-electron chi connectivity index (χ4n) is 6.00. The van der Waals surface area contributed by atoms with Gasteiger partial charge in [-0.25, -0.2) is 4.98 Å². The summed E-state index contributed by atoms with van der Waals surface area (Å²) in [6, 6.07) is 21.4. The number of nitrogens with zero attached hydrogens (tertiary/aromatic N) is 3. The number of pyridine rings is 2. The molecular formula is C28H24N4O. The fraction of sp³-hybridized carbons (Fsp3) is 0.250. The van der Waals surface area contributed by atoms with E-state index in [-0.39, 0.29) is 5.91 Å². The van der Waals surface area contributed by atoms with Gasteiger partial charge in [0.15, 0.2) is 0 Å². The highest BCUT2D eigenvalue weighted by molar-refractivity contribution is 6.06. The van der Waals surface area contributed by atoms with Crippen LogP contribution in [0, 0.1) is 0 Å². The van der Waals surface area contributed by atoms with E-state index in [1.807, 2.05) is 12.1 Å². The third-order valence-corrected chi connectivity index (χ3v) is 7.60. The number of carbonyl (C=O) groups excluding carboxylic acids is 1. The van der Waals surface area contributed by atoms with Crippen LogP contribution in [0.4, 0.5) is 11.5 Å². The Labute approximate surface area is 192 Å². The van der Waals surface area contributed by atoms with E-state index in [1.165, 1.54) is 28.8 Å². The molecule has 0 fully saturated rings. The van der Waals surface area contributed by atoms with Gasteiger partial charge in [0.1, 0.15) is 5.82 Å². The van der Waals surface area contributed by atoms with Gasteiger partial charge >= 0.3 is 0 Å². The lowest BCUT2D eigenvalue weighted by Crippen LogP contribution is -2.35. The molecule has 1 atom stereocenters. The molecule has 33 heavy (non-hydrogen) atoms. The van der Waals surface area contributed by atoms with E-state index in [0.29, 0.717) is 12.2 Å². The number of hydrogen-bond acceptors (Lipinski definition) is 4. The summed E-state index contributed by atoms with van der Waals surface area (Å²) < 4.78 is 0. The van der Waals surface area contributed by atoms with Crippen molar-refractivity contribution in [2.24, 2.45) is 0 Å². The molecule has 2 aliphatic heterocycles. The molecule has 1 unspecified atom stereocenters. The van der Waals surface area contributed by atoms with Crippen LogP contribution in [0.3, 0.4) is 0 Å². The maximum absolute atomic E-state index is 13.0. The molecule has 1 spiro atoms. The minimum atomic E-state index is -0.538. The average molecular weight is 433 g/mol. The lowest BCUT2D eigenvalue weighted by molar-refractivity contribution is -0.120. The van der Waals surface area contributed by atoms with Gasteiger partial charge in [-0.2, -0.15) is 0 Å². The summed E-state index contributed by atoms with van der Waals surface area (Å²) in [5, 5.41) is 4.14. The summed E-state index contributed by atoms with van der Waals surface area (Å²) >= 11 is 0. The molecule has 0 saturated heterocycles. The molecule has 4 heterocycles. The lowest BCUT2D eigenvalue weighted by atomic mass is 9.79. The Hall–Kier alpha value is -3.73. The molecular weight excluding hydrogens is 408 g/mol. The molecule has 2 aromatic heterocycles. The SMILES string of the molecule is O=C1Nc2ncccc2C12Cc1cc3ccc(CN4CCCc5ccccc54)nc3cc1C2. The molecule has 4 aromatic rings. The number of rotatable bonds is 2. The van der Waals surface area contributed by atoms with Crippen LogP contribution in [0.5, 0.6) is 0 Å². The Morgan fingerprint density at radius 2 is 1.85 bits per heavy atom. The van der Waals surface area contributed by atoms with Gasteiger partial charge in [-0.1, -0.05) is 30.3 Å². The van der Waals surface area contributed by atoms with E-state index in [4.69, 9.17) is 4.98 Å². The van der Waals surface area contributed by atoms with E-state index in [1.54, 1.807) is 6.20 Å². The van der Waals surface area contributed by atoms with Crippen LogP contribution in [0.25, 0.3) is 10.9 Å². The first-order chi connectivity index (χ1) is 16.2. The predicted octanol–water partition coefficient (Wildman–Crippen LogP) is 4.57. The number of carbonyl (C=O) groups is 1. The standard InChI is InChI=1S/C28H24N4O/c33-27-28(23-7-3-11-29-26(23)31-27)15-20-13-19-9-10-22(30-24(19)14-21(20)16-28)17-32-12-4-6-18-5-1-2-8-25(18)32/h1-3,5,7-11,13-14H,4,6,12,15-17H2,(H,29,31,33). The van der Waals surface area contributed by atoms with Crippen molar-refractivity contribution >= 4 is 28.3 Å². The zero-order valence-corrected chi connectivity index (χ0v) is 18.3. The molecule has 5 heteroatoms. The Morgan fingerprint density at radius 1 is 0.970 bits per heavy atom. The van der Waals surface area contributed by atoms with Crippen LogP contribution >= 0.6 is 0 Å². The highest BCUT2D eigenvalue weighted by atomic mass is 16.2. The number of nitrogens with one attached hydrogen (secondary N) is 1. The Morgan fingerprint density at radius 3 is 2.79 bits per heavy atom. The second-order valence-electron chi connectivity index (χ2n) is 9.56. The molecule has 2 aromatic carbocycles. The van der Waals surface area contributed by atoms with Gasteiger partial charge in [0.05, 0.1) is 23.2 Å². The smallest absolute Gasteiger partial charge is 0.237 e. The van der Waals surface area contributed by atoms with Crippen molar-refractivity contribution in [1.29, 1.82) is 0 Å². The molecule has 3 aliphatic rings. The largest absolute Gasteiger partial charge is 0.365 e. The summed E-state index contributed by atoms with van der Waals surface area (Å²) in [6.07, 6.45) is 5.49. The minimum Gasteiger partial charge on any atom is -0.365 e. The maximum atomic E-state index is 13.0. The van der Waals surface area contributed by atoms with Gasteiger partial charge in [-0.3, -0.25) is 9.78 Å². The van der Waals surface area contributed by atoms with Crippen molar-refractivity contribution < 1.29 is 4.79 Å². The zero-order valence-electron chi connectivity index (χ0n) is 18.3. The van der Waals surface area contributed by atoms with Crippen molar-refractivity contribution in [2.45, 2.75) is 37.6 Å². The third kappa shape index (κ3) is 2.81. The van der Waals surface area contributed by atoms with Crippen molar-refractivity contribution in [3.8, 4) is 0 Å². The number of aryl methyl sites for hydroxylation is 1. The first-order valence-corrected chi connectivity index (χ1v) is 11.7. The van der Waals surface area contributed by atoms with Crippen LogP contribution < -0.4 is 10.2 Å². The molecule has 0 radical (unpaired) electrons. The van der Waals surface area contributed by atoms with Crippen molar-refractivity contribution in [3.05, 3.63) is 94.8 Å². The maximum Gasteiger partial charge on any atom is 0.237 e. The number of fused-ring (bicyclic) bond motifs is 5. The van der Waals surface area contributed by atoms with Crippen molar-refractivity contribution in [2.75, 3.05) is 16.8 Å². The van der Waals surface area contributed by atoms with Crippen molar-refractivity contribution in [1.82, 2.24) is 9.97 Å². The number of aromatic nitrogens is 2. The Bertz CT molecular complexity index is 1450. The molecule has 1 aliphatic carbocycles. The summed E-state index contributed by atoms with van der Waals surface area (Å²) in [5.74, 6) is 0.774. The minimum absolute atomic E-state index is 0.0638. The quantitative estimate of drug-likeness (QED) is 0.504. The highest BCUT2D eigenvalue weighted by Crippen LogP contribution is 2.47. The Balaban J connectivity index is 1.23. The van der Waals surface area contributed by atoms with Gasteiger partial charge < -0.3 is 10.2 Å². The van der Waals surface area contributed by atoms with Crippen LogP contribution in [-0.4, -0.2) is 22.4 Å². The van der Waals surface area contributed by atoms with Gasteiger partial charge in [-0.15, -0.1) is 0 Å². The monoisotopic (exact) mass is 432 g/mol. The summed E-state index contributed by atoms with van der Waals surface area (Å²) in [7, 11) is 0. The molecule has 0 bridgehead atoms. The topological polar surface area (TPSA) is 58.1 Å². The fourth-order valence-corrected chi connectivity index (χ4v) is 6.00. The first kappa shape index (κ1) is 18.8. The first-order valence-electron chi connectivity index (χ1n) is 11.7. The van der Waals surface area contributed by atoms with E-state index < -0.39 is 5.41 Å². The summed E-state index contributed by atoms with van der Waals surface area (Å²) in [6.45, 7) is 1.88. The van der Waals surface area contributed by atoms with E-state index in [2.05, 4.69) is 63.7 Å². The van der Waals surface area contributed by atoms with Gasteiger partial charge in [0.2, 0.25) is 5.91 Å². The highest BCUT2D eigenvalue weighted by Gasteiger charge is 2.51. The van der Waals surface area contributed by atoms with Crippen LogP contribution in [-0.2, 0) is 36.0 Å². The number of amides is 1. The Kier molecular flexibility index (Phi) is 3.92. The number of para-hydroxylation sites is 1. The molecule has 5 nitrogen and oxygen atoms in total. The predicted molar refractivity (Wildman–Crippen MR) is 130 cm³/mol.